The molecule has 1 aromatic rings. The van der Waals surface area contributed by atoms with Gasteiger partial charge < -0.3 is 10.4 Å². The third-order valence-corrected chi connectivity index (χ3v) is 4.38. The smallest absolute Gasteiger partial charge is 0.123 e. The highest BCUT2D eigenvalue weighted by Gasteiger charge is 2.36. The Hall–Kier alpha value is -0.450. The minimum absolute atomic E-state index is 0.173. The Morgan fingerprint density at radius 1 is 1.59 bits per heavy atom. The first kappa shape index (κ1) is 13.0. The molecule has 0 saturated carbocycles. The van der Waals surface area contributed by atoms with Crippen LogP contribution in [0.3, 0.4) is 0 Å². The highest BCUT2D eigenvalue weighted by molar-refractivity contribution is 9.10. The maximum absolute atomic E-state index is 13.2. The normalized spacial score (nSPS) is 29.3. The zero-order valence-corrected chi connectivity index (χ0v) is 11.4. The summed E-state index contributed by atoms with van der Waals surface area (Å²) in [6.07, 6.45) is 1.20. The van der Waals surface area contributed by atoms with Crippen LogP contribution in [0.1, 0.15) is 18.9 Å². The van der Waals surface area contributed by atoms with Crippen LogP contribution in [0.5, 0.6) is 0 Å². The molecule has 0 spiro atoms. The fraction of sp³-hybridized carbons (Fsp3) is 0.538. The molecule has 1 heterocycles. The van der Waals surface area contributed by atoms with Gasteiger partial charge in [-0.3, -0.25) is 0 Å². The van der Waals surface area contributed by atoms with Gasteiger partial charge in [-0.05, 0) is 42.6 Å². The minimum Gasteiger partial charge on any atom is -0.389 e. The van der Waals surface area contributed by atoms with Crippen molar-refractivity contribution in [2.75, 3.05) is 13.1 Å². The molecule has 0 radical (unpaired) electrons. The Morgan fingerprint density at radius 2 is 2.35 bits per heavy atom. The summed E-state index contributed by atoms with van der Waals surface area (Å²) >= 11 is 3.41. The van der Waals surface area contributed by atoms with E-state index in [-0.39, 0.29) is 11.7 Å². The van der Waals surface area contributed by atoms with Gasteiger partial charge in [0.05, 0.1) is 5.60 Å². The topological polar surface area (TPSA) is 32.3 Å². The average Bonchev–Trinajstić information content (AvgIpc) is 2.28. The summed E-state index contributed by atoms with van der Waals surface area (Å²) in [7, 11) is 0. The summed E-state index contributed by atoms with van der Waals surface area (Å²) in [5.74, 6) is -0.0835. The Kier molecular flexibility index (Phi) is 3.85. The van der Waals surface area contributed by atoms with Crippen molar-refractivity contribution in [3.8, 4) is 0 Å². The van der Waals surface area contributed by atoms with Crippen molar-refractivity contribution in [3.05, 3.63) is 34.1 Å². The molecule has 2 rings (SSSR count). The molecule has 1 fully saturated rings. The molecular weight excluding hydrogens is 285 g/mol. The van der Waals surface area contributed by atoms with E-state index in [2.05, 4.69) is 21.2 Å². The number of hydrogen-bond donors (Lipinski definition) is 2. The van der Waals surface area contributed by atoms with Gasteiger partial charge in [0, 0.05) is 17.4 Å². The third-order valence-electron chi connectivity index (χ3n) is 3.61. The van der Waals surface area contributed by atoms with Gasteiger partial charge >= 0.3 is 0 Å². The van der Waals surface area contributed by atoms with Crippen LogP contribution in [0, 0.1) is 11.7 Å². The highest BCUT2D eigenvalue weighted by atomic mass is 79.9. The summed E-state index contributed by atoms with van der Waals surface area (Å²) in [5, 5.41) is 13.9. The van der Waals surface area contributed by atoms with Crippen LogP contribution in [-0.2, 0) is 6.42 Å². The second kappa shape index (κ2) is 5.04. The Morgan fingerprint density at radius 3 is 3.06 bits per heavy atom. The van der Waals surface area contributed by atoms with Gasteiger partial charge in [0.2, 0.25) is 0 Å². The molecule has 0 bridgehead atoms. The molecule has 0 aliphatic carbocycles. The quantitative estimate of drug-likeness (QED) is 0.880. The molecule has 2 nitrogen and oxygen atoms in total. The van der Waals surface area contributed by atoms with E-state index in [1.165, 1.54) is 12.1 Å². The lowest BCUT2D eigenvalue weighted by atomic mass is 9.78. The highest BCUT2D eigenvalue weighted by Crippen LogP contribution is 2.31. The van der Waals surface area contributed by atoms with E-state index < -0.39 is 5.60 Å². The van der Waals surface area contributed by atoms with Crippen LogP contribution in [0.15, 0.2) is 22.7 Å². The number of nitrogens with one attached hydrogen (secondary N) is 1. The Labute approximate surface area is 109 Å². The summed E-state index contributed by atoms with van der Waals surface area (Å²) in [6.45, 7) is 3.65. The van der Waals surface area contributed by atoms with E-state index in [4.69, 9.17) is 0 Å². The number of rotatable bonds is 2. The lowest BCUT2D eigenvalue weighted by Crippen LogP contribution is -2.50. The monoisotopic (exact) mass is 301 g/mol. The minimum atomic E-state index is -0.735. The molecule has 1 aliphatic heterocycles. The van der Waals surface area contributed by atoms with E-state index in [1.807, 2.05) is 6.92 Å². The maximum atomic E-state index is 13.2. The van der Waals surface area contributed by atoms with Gasteiger partial charge in [-0.15, -0.1) is 0 Å². The molecule has 0 aromatic heterocycles. The van der Waals surface area contributed by atoms with Crippen molar-refractivity contribution >= 4 is 15.9 Å². The molecule has 1 saturated heterocycles. The molecule has 1 aliphatic rings. The number of benzene rings is 1. The summed E-state index contributed by atoms with van der Waals surface area (Å²) < 4.78 is 14.1. The van der Waals surface area contributed by atoms with E-state index in [0.717, 1.165) is 23.1 Å². The van der Waals surface area contributed by atoms with Gasteiger partial charge in [-0.2, -0.15) is 0 Å². The lowest BCUT2D eigenvalue weighted by molar-refractivity contribution is -0.0331. The summed E-state index contributed by atoms with van der Waals surface area (Å²) in [6, 6.07) is 4.61. The van der Waals surface area contributed by atoms with Crippen LogP contribution < -0.4 is 5.32 Å². The Balaban J connectivity index is 2.21. The van der Waals surface area contributed by atoms with Crippen LogP contribution >= 0.6 is 15.9 Å². The van der Waals surface area contributed by atoms with Crippen molar-refractivity contribution in [2.24, 2.45) is 5.92 Å². The zero-order chi connectivity index (χ0) is 12.5. The van der Waals surface area contributed by atoms with E-state index in [9.17, 15) is 9.50 Å². The van der Waals surface area contributed by atoms with Gasteiger partial charge in [0.25, 0.3) is 0 Å². The predicted molar refractivity (Wildman–Crippen MR) is 69.4 cm³/mol. The standard InChI is InChI=1S/C13H17BrFNO/c1-9-8-16-5-4-13(9,17)7-10-6-11(15)2-3-12(10)14/h2-3,6,9,16-17H,4-5,7-8H2,1H3. The van der Waals surface area contributed by atoms with Crippen LogP contribution in [0.25, 0.3) is 0 Å². The van der Waals surface area contributed by atoms with Gasteiger partial charge in [0.1, 0.15) is 5.82 Å². The molecular formula is C13H17BrFNO. The fourth-order valence-electron chi connectivity index (χ4n) is 2.33. The van der Waals surface area contributed by atoms with E-state index in [0.29, 0.717) is 12.8 Å². The lowest BCUT2D eigenvalue weighted by Gasteiger charge is -2.39. The fourth-order valence-corrected chi connectivity index (χ4v) is 2.72. The first-order chi connectivity index (χ1) is 8.01. The first-order valence-electron chi connectivity index (χ1n) is 5.88. The number of halogens is 2. The van der Waals surface area contributed by atoms with E-state index in [1.54, 1.807) is 6.07 Å². The second-order valence-corrected chi connectivity index (χ2v) is 5.73. The molecule has 0 amide bonds. The van der Waals surface area contributed by atoms with Crippen LogP contribution in [0.2, 0.25) is 0 Å². The largest absolute Gasteiger partial charge is 0.389 e. The molecule has 2 atom stereocenters. The van der Waals surface area contributed by atoms with E-state index >= 15 is 0 Å². The maximum Gasteiger partial charge on any atom is 0.123 e. The SMILES string of the molecule is CC1CNCCC1(O)Cc1cc(F)ccc1Br. The van der Waals surface area contributed by atoms with Crippen molar-refractivity contribution in [1.29, 1.82) is 0 Å². The van der Waals surface area contributed by atoms with Crippen molar-refractivity contribution in [1.82, 2.24) is 5.32 Å². The first-order valence-corrected chi connectivity index (χ1v) is 6.67. The molecule has 94 valence electrons. The van der Waals surface area contributed by atoms with Gasteiger partial charge in [-0.1, -0.05) is 22.9 Å². The van der Waals surface area contributed by atoms with Gasteiger partial charge in [0.15, 0.2) is 0 Å². The molecule has 4 heteroatoms. The number of piperidine rings is 1. The Bertz CT molecular complexity index is 412. The number of aliphatic hydroxyl groups is 1. The molecule has 2 unspecified atom stereocenters. The van der Waals surface area contributed by atoms with Crippen molar-refractivity contribution in [3.63, 3.8) is 0 Å². The van der Waals surface area contributed by atoms with Crippen LogP contribution in [0.4, 0.5) is 4.39 Å². The van der Waals surface area contributed by atoms with Crippen LogP contribution in [-0.4, -0.2) is 23.8 Å². The molecule has 2 N–H and O–H groups in total. The molecule has 17 heavy (non-hydrogen) atoms. The zero-order valence-electron chi connectivity index (χ0n) is 9.84. The molecule has 1 aromatic carbocycles. The summed E-state index contributed by atoms with van der Waals surface area (Å²) in [5.41, 5.74) is 0.0999. The third kappa shape index (κ3) is 2.87. The second-order valence-electron chi connectivity index (χ2n) is 4.87. The predicted octanol–water partition coefficient (Wildman–Crippen LogP) is 2.49. The number of hydrogen-bond acceptors (Lipinski definition) is 2. The average molecular weight is 302 g/mol. The van der Waals surface area contributed by atoms with Crippen molar-refractivity contribution < 1.29 is 9.50 Å². The summed E-state index contributed by atoms with van der Waals surface area (Å²) in [4.78, 5) is 0. The van der Waals surface area contributed by atoms with Crippen molar-refractivity contribution in [2.45, 2.75) is 25.4 Å². The van der Waals surface area contributed by atoms with Gasteiger partial charge in [-0.25, -0.2) is 4.39 Å².